The average Bonchev–Trinajstić information content (AvgIpc) is 2.98. The van der Waals surface area contributed by atoms with Gasteiger partial charge in [0.15, 0.2) is 0 Å². The summed E-state index contributed by atoms with van der Waals surface area (Å²) >= 11 is 0. The van der Waals surface area contributed by atoms with Crippen LogP contribution in [0.25, 0.3) is 0 Å². The van der Waals surface area contributed by atoms with Crippen molar-refractivity contribution in [1.29, 1.82) is 0 Å². The van der Waals surface area contributed by atoms with E-state index >= 15 is 0 Å². The minimum absolute atomic E-state index is 0.266. The Morgan fingerprint density at radius 2 is 1.41 bits per heavy atom. The van der Waals surface area contributed by atoms with Crippen LogP contribution in [0, 0.1) is 0 Å². The highest BCUT2D eigenvalue weighted by molar-refractivity contribution is 6.22. The van der Waals surface area contributed by atoms with Crippen LogP contribution in [0.1, 0.15) is 44.9 Å². The number of nitrogens with zero attached hydrogens (tertiary/aromatic N) is 2. The number of carbonyl (C=O) groups is 4. The van der Waals surface area contributed by atoms with Gasteiger partial charge in [0.05, 0.1) is 11.1 Å². The third-order valence-electron chi connectivity index (χ3n) is 4.75. The number of imide groups is 1. The highest BCUT2D eigenvalue weighted by Gasteiger charge is 2.36. The molecule has 2 aromatic rings. The molecule has 0 aromatic heterocycles. The van der Waals surface area contributed by atoms with Crippen LogP contribution in [0.2, 0.25) is 0 Å². The molecule has 0 aliphatic carbocycles. The molecule has 0 unspecified atom stereocenters. The van der Waals surface area contributed by atoms with E-state index in [4.69, 9.17) is 0 Å². The van der Waals surface area contributed by atoms with Gasteiger partial charge in [-0.05, 0) is 50.2 Å². The van der Waals surface area contributed by atoms with E-state index in [-0.39, 0.29) is 11.1 Å². The van der Waals surface area contributed by atoms with Crippen molar-refractivity contribution < 1.29 is 19.2 Å². The van der Waals surface area contributed by atoms with Crippen molar-refractivity contribution in [2.45, 2.75) is 13.8 Å². The van der Waals surface area contributed by atoms with Crippen LogP contribution >= 0.6 is 0 Å². The van der Waals surface area contributed by atoms with Crippen molar-refractivity contribution in [2.24, 2.45) is 0 Å². The number of anilines is 1. The summed E-state index contributed by atoms with van der Waals surface area (Å²) in [6.07, 6.45) is 0. The Balaban J connectivity index is 1.55. The van der Waals surface area contributed by atoms with Crippen molar-refractivity contribution in [2.75, 3.05) is 24.5 Å². The molecule has 2 N–H and O–H groups in total. The number of hydrogen-bond acceptors (Lipinski definition) is 5. The molecule has 4 amide bonds. The number of carbonyl (C=O) groups excluding carboxylic acids is 4. The molecule has 0 spiro atoms. The molecule has 3 rings (SSSR count). The summed E-state index contributed by atoms with van der Waals surface area (Å²) in [7, 11) is 0. The molecule has 1 heterocycles. The minimum atomic E-state index is -0.674. The van der Waals surface area contributed by atoms with E-state index in [9.17, 15) is 19.2 Å². The predicted molar refractivity (Wildman–Crippen MR) is 107 cm³/mol. The number of nitrogens with one attached hydrogen (secondary N) is 2. The van der Waals surface area contributed by atoms with Gasteiger partial charge in [-0.15, -0.1) is 0 Å². The molecular formula is C21H22N4O4. The topological polar surface area (TPSA) is 98.8 Å². The summed E-state index contributed by atoms with van der Waals surface area (Å²) in [5.41, 5.74) is 6.45. The van der Waals surface area contributed by atoms with Crippen molar-refractivity contribution >= 4 is 29.3 Å². The van der Waals surface area contributed by atoms with Gasteiger partial charge in [-0.2, -0.15) is 0 Å². The fourth-order valence-corrected chi connectivity index (χ4v) is 3.18. The summed E-state index contributed by atoms with van der Waals surface area (Å²) < 4.78 is 0. The Morgan fingerprint density at radius 3 is 1.93 bits per heavy atom. The van der Waals surface area contributed by atoms with E-state index < -0.39 is 30.2 Å². The van der Waals surface area contributed by atoms with Crippen LogP contribution in [0.5, 0.6) is 0 Å². The highest BCUT2D eigenvalue weighted by Crippen LogP contribution is 2.21. The van der Waals surface area contributed by atoms with E-state index in [2.05, 4.69) is 15.8 Å². The molecule has 0 fully saturated rings. The summed E-state index contributed by atoms with van der Waals surface area (Å²) in [4.78, 5) is 51.9. The number of amides is 4. The van der Waals surface area contributed by atoms with Gasteiger partial charge < -0.3 is 4.90 Å². The number of rotatable bonds is 6. The third-order valence-corrected chi connectivity index (χ3v) is 4.75. The quantitative estimate of drug-likeness (QED) is 0.573. The SMILES string of the molecule is CCN(CC)c1ccc(C(=O)NNC(=O)CN2C(=O)c3ccccc3C2=O)cc1. The van der Waals surface area contributed by atoms with Crippen LogP contribution in [0.15, 0.2) is 48.5 Å². The lowest BCUT2D eigenvalue weighted by Gasteiger charge is -2.21. The molecule has 0 bridgehead atoms. The first-order chi connectivity index (χ1) is 14.0. The fraction of sp³-hybridized carbons (Fsp3) is 0.238. The predicted octanol–water partition coefficient (Wildman–Crippen LogP) is 1.59. The monoisotopic (exact) mass is 394 g/mol. The van der Waals surface area contributed by atoms with Crippen LogP contribution in [0.4, 0.5) is 5.69 Å². The molecular weight excluding hydrogens is 372 g/mol. The van der Waals surface area contributed by atoms with E-state index in [1.165, 1.54) is 12.1 Å². The molecule has 1 aliphatic rings. The van der Waals surface area contributed by atoms with Crippen molar-refractivity contribution in [3.05, 3.63) is 65.2 Å². The minimum Gasteiger partial charge on any atom is -0.372 e. The number of benzene rings is 2. The zero-order valence-corrected chi connectivity index (χ0v) is 16.3. The molecule has 1 aliphatic heterocycles. The molecule has 29 heavy (non-hydrogen) atoms. The smallest absolute Gasteiger partial charge is 0.269 e. The van der Waals surface area contributed by atoms with Crippen LogP contribution in [-0.2, 0) is 4.79 Å². The first-order valence-corrected chi connectivity index (χ1v) is 9.35. The molecule has 0 saturated carbocycles. The summed E-state index contributed by atoms with van der Waals surface area (Å²) in [5.74, 6) is -2.22. The molecule has 0 saturated heterocycles. The number of hydrogen-bond donors (Lipinski definition) is 2. The molecule has 0 atom stereocenters. The largest absolute Gasteiger partial charge is 0.372 e. The van der Waals surface area contributed by atoms with Crippen LogP contribution in [0.3, 0.4) is 0 Å². The summed E-state index contributed by atoms with van der Waals surface area (Å²) in [6, 6.07) is 13.4. The van der Waals surface area contributed by atoms with E-state index in [1.54, 1.807) is 24.3 Å². The Bertz CT molecular complexity index is 916. The Labute approximate surface area is 168 Å². The maximum Gasteiger partial charge on any atom is 0.269 e. The zero-order valence-electron chi connectivity index (χ0n) is 16.3. The lowest BCUT2D eigenvalue weighted by atomic mass is 10.1. The Morgan fingerprint density at radius 1 is 0.862 bits per heavy atom. The zero-order chi connectivity index (χ0) is 21.0. The maximum absolute atomic E-state index is 12.3. The molecule has 2 aromatic carbocycles. The summed E-state index contributed by atoms with van der Waals surface area (Å²) in [6.45, 7) is 5.33. The van der Waals surface area contributed by atoms with Gasteiger partial charge in [0.2, 0.25) is 0 Å². The van der Waals surface area contributed by atoms with Crippen molar-refractivity contribution in [3.8, 4) is 0 Å². The van der Waals surface area contributed by atoms with Gasteiger partial charge in [-0.1, -0.05) is 12.1 Å². The van der Waals surface area contributed by atoms with E-state index in [0.29, 0.717) is 5.56 Å². The van der Waals surface area contributed by atoms with E-state index in [1.807, 2.05) is 26.0 Å². The second kappa shape index (κ2) is 8.55. The normalized spacial score (nSPS) is 12.6. The third kappa shape index (κ3) is 4.11. The van der Waals surface area contributed by atoms with Crippen molar-refractivity contribution in [1.82, 2.24) is 15.8 Å². The first-order valence-electron chi connectivity index (χ1n) is 9.35. The lowest BCUT2D eigenvalue weighted by molar-refractivity contribution is -0.122. The Kier molecular flexibility index (Phi) is 5.92. The molecule has 8 nitrogen and oxygen atoms in total. The summed E-state index contributed by atoms with van der Waals surface area (Å²) in [5, 5.41) is 0. The molecule has 150 valence electrons. The second-order valence-corrected chi connectivity index (χ2v) is 6.46. The van der Waals surface area contributed by atoms with Crippen molar-refractivity contribution in [3.63, 3.8) is 0 Å². The Hall–Kier alpha value is -3.68. The first kappa shape index (κ1) is 20.1. The van der Waals surface area contributed by atoms with E-state index in [0.717, 1.165) is 23.7 Å². The van der Waals surface area contributed by atoms with Gasteiger partial charge in [-0.25, -0.2) is 0 Å². The van der Waals surface area contributed by atoms with Gasteiger partial charge in [0.1, 0.15) is 6.54 Å². The number of hydrazine groups is 1. The number of fused-ring (bicyclic) bond motifs is 1. The van der Waals surface area contributed by atoms with Crippen LogP contribution < -0.4 is 15.8 Å². The van der Waals surface area contributed by atoms with Gasteiger partial charge >= 0.3 is 0 Å². The standard InChI is InChI=1S/C21H22N4O4/c1-3-24(4-2)15-11-9-14(10-12-15)19(27)23-22-18(26)13-25-20(28)16-7-5-6-8-17(16)21(25)29/h5-12H,3-4,13H2,1-2H3,(H,22,26)(H,23,27). The van der Waals surface area contributed by atoms with Crippen LogP contribution in [-0.4, -0.2) is 48.2 Å². The lowest BCUT2D eigenvalue weighted by Crippen LogP contribution is -2.47. The average molecular weight is 394 g/mol. The molecule has 0 radical (unpaired) electrons. The van der Waals surface area contributed by atoms with Gasteiger partial charge in [0, 0.05) is 24.3 Å². The second-order valence-electron chi connectivity index (χ2n) is 6.46. The van der Waals surface area contributed by atoms with Gasteiger partial charge in [0.25, 0.3) is 23.6 Å². The molecule has 8 heteroatoms. The van der Waals surface area contributed by atoms with Gasteiger partial charge in [-0.3, -0.25) is 34.9 Å². The highest BCUT2D eigenvalue weighted by atomic mass is 16.2. The maximum atomic E-state index is 12.3. The fourth-order valence-electron chi connectivity index (χ4n) is 3.18.